The van der Waals surface area contributed by atoms with Gasteiger partial charge < -0.3 is 5.11 Å². The van der Waals surface area contributed by atoms with Gasteiger partial charge in [-0.25, -0.2) is 4.72 Å². The maximum absolute atomic E-state index is 12.1. The van der Waals surface area contributed by atoms with Crippen LogP contribution in [0, 0.1) is 5.92 Å². The van der Waals surface area contributed by atoms with Gasteiger partial charge in [-0.05, 0) is 43.6 Å². The Labute approximate surface area is 127 Å². The number of rotatable bonds is 10. The molecule has 0 unspecified atom stereocenters. The molecule has 20 heavy (non-hydrogen) atoms. The molecule has 2 N–H and O–H groups in total. The summed E-state index contributed by atoms with van der Waals surface area (Å²) in [5, 5.41) is 9.06. The van der Waals surface area contributed by atoms with E-state index in [2.05, 4.69) is 11.0 Å². The molecule has 0 aromatic rings. The fourth-order valence-electron chi connectivity index (χ4n) is 2.35. The van der Waals surface area contributed by atoms with Gasteiger partial charge >= 0.3 is 0 Å². The Morgan fingerprint density at radius 2 is 1.85 bits per heavy atom. The topological polar surface area (TPSA) is 69.6 Å². The van der Waals surface area contributed by atoms with Crippen molar-refractivity contribution in [1.82, 2.24) is 9.03 Å². The normalized spacial score (nSPS) is 18.5. The number of piperidine rings is 1. The third-order valence-corrected chi connectivity index (χ3v) is 6.04. The van der Waals surface area contributed by atoms with Crippen molar-refractivity contribution in [2.75, 3.05) is 38.2 Å². The Kier molecular flexibility index (Phi) is 9.11. The van der Waals surface area contributed by atoms with Crippen molar-refractivity contribution in [3.63, 3.8) is 0 Å². The Morgan fingerprint density at radius 1 is 1.20 bits per heavy atom. The van der Waals surface area contributed by atoms with Crippen LogP contribution in [0.25, 0.3) is 0 Å². The van der Waals surface area contributed by atoms with Gasteiger partial charge in [0.25, 0.3) is 10.2 Å². The second-order valence-electron chi connectivity index (χ2n) is 5.33. The highest BCUT2D eigenvalue weighted by molar-refractivity contribution is 7.98. The minimum Gasteiger partial charge on any atom is -0.396 e. The molecule has 0 aromatic carbocycles. The van der Waals surface area contributed by atoms with Gasteiger partial charge in [0.05, 0.1) is 0 Å². The fourth-order valence-corrected chi connectivity index (χ4v) is 4.12. The molecule has 0 aromatic heterocycles. The van der Waals surface area contributed by atoms with E-state index in [9.17, 15) is 8.42 Å². The van der Waals surface area contributed by atoms with Crippen molar-refractivity contribution in [2.45, 2.75) is 38.5 Å². The van der Waals surface area contributed by atoms with E-state index in [0.29, 0.717) is 19.6 Å². The van der Waals surface area contributed by atoms with Crippen LogP contribution in [0.4, 0.5) is 0 Å². The van der Waals surface area contributed by atoms with Gasteiger partial charge in [-0.1, -0.05) is 12.8 Å². The fraction of sp³-hybridized carbons (Fsp3) is 1.00. The van der Waals surface area contributed by atoms with E-state index in [1.54, 1.807) is 0 Å². The van der Waals surface area contributed by atoms with Gasteiger partial charge in [-0.2, -0.15) is 24.5 Å². The van der Waals surface area contributed by atoms with Crippen molar-refractivity contribution in [3.05, 3.63) is 0 Å². The van der Waals surface area contributed by atoms with Gasteiger partial charge in [-0.3, -0.25) is 0 Å². The quantitative estimate of drug-likeness (QED) is 0.597. The molecule has 1 aliphatic heterocycles. The Morgan fingerprint density at radius 3 is 2.45 bits per heavy atom. The summed E-state index contributed by atoms with van der Waals surface area (Å²) >= 11 is 1.85. The highest BCUT2D eigenvalue weighted by Gasteiger charge is 2.26. The van der Waals surface area contributed by atoms with Gasteiger partial charge in [0.2, 0.25) is 0 Å². The van der Waals surface area contributed by atoms with Crippen LogP contribution in [0.15, 0.2) is 0 Å². The molecule has 1 aliphatic rings. The van der Waals surface area contributed by atoms with Crippen molar-refractivity contribution in [3.8, 4) is 0 Å². The minimum atomic E-state index is -3.31. The second kappa shape index (κ2) is 10.00. The number of unbranched alkanes of at least 4 members (excludes halogenated alkanes) is 3. The van der Waals surface area contributed by atoms with Crippen LogP contribution in [0.5, 0.6) is 0 Å². The average molecular weight is 325 g/mol. The average Bonchev–Trinajstić information content (AvgIpc) is 2.46. The van der Waals surface area contributed by atoms with Gasteiger partial charge in [0, 0.05) is 26.2 Å². The largest absolute Gasteiger partial charge is 0.396 e. The lowest BCUT2D eigenvalue weighted by Gasteiger charge is -2.30. The van der Waals surface area contributed by atoms with Crippen molar-refractivity contribution in [2.24, 2.45) is 5.92 Å². The summed E-state index contributed by atoms with van der Waals surface area (Å²) in [5.74, 6) is 1.45. The van der Waals surface area contributed by atoms with Crippen molar-refractivity contribution >= 4 is 22.0 Å². The molecule has 120 valence electrons. The first-order chi connectivity index (χ1) is 9.60. The van der Waals surface area contributed by atoms with Crippen LogP contribution in [-0.4, -0.2) is 56.1 Å². The van der Waals surface area contributed by atoms with Crippen LogP contribution >= 0.6 is 11.8 Å². The number of aliphatic hydroxyl groups excluding tert-OH is 1. The first-order valence-corrected chi connectivity index (χ1v) is 10.3. The molecular formula is C13H28N2O3S2. The predicted molar refractivity (Wildman–Crippen MR) is 85.2 cm³/mol. The highest BCUT2D eigenvalue weighted by atomic mass is 32.2. The summed E-state index contributed by atoms with van der Waals surface area (Å²) in [5.41, 5.74) is 0. The Hall–Kier alpha value is 0.180. The van der Waals surface area contributed by atoms with E-state index in [1.807, 2.05) is 11.8 Å². The van der Waals surface area contributed by atoms with E-state index in [1.165, 1.54) is 22.9 Å². The second-order valence-corrected chi connectivity index (χ2v) is 8.07. The van der Waals surface area contributed by atoms with E-state index in [4.69, 9.17) is 5.11 Å². The SMILES string of the molecule is CSCCCCCCNS(=O)(=O)N1CCC(CO)CC1. The van der Waals surface area contributed by atoms with Crippen LogP contribution in [0.3, 0.4) is 0 Å². The van der Waals surface area contributed by atoms with Gasteiger partial charge in [-0.15, -0.1) is 0 Å². The van der Waals surface area contributed by atoms with E-state index in [-0.39, 0.29) is 12.5 Å². The summed E-state index contributed by atoms with van der Waals surface area (Å²) in [6.45, 7) is 1.74. The summed E-state index contributed by atoms with van der Waals surface area (Å²) < 4.78 is 28.3. The summed E-state index contributed by atoms with van der Waals surface area (Å²) in [7, 11) is -3.31. The molecule has 0 atom stereocenters. The third kappa shape index (κ3) is 6.76. The van der Waals surface area contributed by atoms with E-state index >= 15 is 0 Å². The molecule has 0 aliphatic carbocycles. The standard InChI is InChI=1S/C13H28N2O3S2/c1-19-11-5-3-2-4-8-14-20(17,18)15-9-6-13(12-16)7-10-15/h13-14,16H,2-12H2,1H3. The molecule has 1 heterocycles. The smallest absolute Gasteiger partial charge is 0.279 e. The first kappa shape index (κ1) is 18.2. The van der Waals surface area contributed by atoms with E-state index in [0.717, 1.165) is 25.7 Å². The lowest BCUT2D eigenvalue weighted by Crippen LogP contribution is -2.45. The molecule has 0 saturated carbocycles. The molecule has 0 bridgehead atoms. The molecular weight excluding hydrogens is 296 g/mol. The van der Waals surface area contributed by atoms with Gasteiger partial charge in [0.1, 0.15) is 0 Å². The van der Waals surface area contributed by atoms with Crippen LogP contribution in [0.2, 0.25) is 0 Å². The molecule has 5 nitrogen and oxygen atoms in total. The number of nitrogens with zero attached hydrogens (tertiary/aromatic N) is 1. The first-order valence-electron chi connectivity index (χ1n) is 7.44. The Balaban J connectivity index is 2.15. The zero-order chi connectivity index (χ0) is 14.8. The minimum absolute atomic E-state index is 0.164. The maximum Gasteiger partial charge on any atom is 0.279 e. The third-order valence-electron chi connectivity index (χ3n) is 3.73. The zero-order valence-corrected chi connectivity index (χ0v) is 14.0. The molecule has 1 saturated heterocycles. The summed E-state index contributed by atoms with van der Waals surface area (Å²) in [4.78, 5) is 0. The van der Waals surface area contributed by atoms with Gasteiger partial charge in [0.15, 0.2) is 0 Å². The molecule has 1 rings (SSSR count). The molecule has 0 amide bonds. The monoisotopic (exact) mass is 324 g/mol. The maximum atomic E-state index is 12.1. The molecule has 7 heteroatoms. The lowest BCUT2D eigenvalue weighted by molar-refractivity contribution is 0.169. The molecule has 0 radical (unpaired) electrons. The summed E-state index contributed by atoms with van der Waals surface area (Å²) in [6.07, 6.45) is 7.98. The highest BCUT2D eigenvalue weighted by Crippen LogP contribution is 2.18. The van der Waals surface area contributed by atoms with Crippen LogP contribution < -0.4 is 4.72 Å². The number of hydrogen-bond donors (Lipinski definition) is 2. The predicted octanol–water partition coefficient (Wildman–Crippen LogP) is 1.45. The van der Waals surface area contributed by atoms with E-state index < -0.39 is 10.2 Å². The van der Waals surface area contributed by atoms with Crippen molar-refractivity contribution in [1.29, 1.82) is 0 Å². The number of thioether (sulfide) groups is 1. The zero-order valence-electron chi connectivity index (χ0n) is 12.4. The lowest BCUT2D eigenvalue weighted by atomic mass is 10.00. The Bertz CT molecular complexity index is 342. The molecule has 0 spiro atoms. The number of nitrogens with one attached hydrogen (secondary N) is 1. The molecule has 1 fully saturated rings. The number of hydrogen-bond acceptors (Lipinski definition) is 4. The number of aliphatic hydroxyl groups is 1. The summed E-state index contributed by atoms with van der Waals surface area (Å²) in [6, 6.07) is 0. The van der Waals surface area contributed by atoms with Crippen LogP contribution in [0.1, 0.15) is 38.5 Å². The van der Waals surface area contributed by atoms with Crippen molar-refractivity contribution < 1.29 is 13.5 Å². The van der Waals surface area contributed by atoms with Crippen LogP contribution in [-0.2, 0) is 10.2 Å².